The lowest BCUT2D eigenvalue weighted by molar-refractivity contribution is 0.114. The second-order valence-electron chi connectivity index (χ2n) is 7.04. The molecule has 132 valence electrons. The number of nitrogens with one attached hydrogen (secondary N) is 2. The highest BCUT2D eigenvalue weighted by Crippen LogP contribution is 2.36. The van der Waals surface area contributed by atoms with Crippen LogP contribution in [0.4, 0.5) is 4.79 Å². The lowest BCUT2D eigenvalue weighted by Crippen LogP contribution is -2.55. The van der Waals surface area contributed by atoms with Crippen LogP contribution in [-0.4, -0.2) is 68.8 Å². The van der Waals surface area contributed by atoms with Gasteiger partial charge in [0, 0.05) is 37.8 Å². The highest BCUT2D eigenvalue weighted by atomic mass is 16.5. The molecule has 1 aromatic carbocycles. The summed E-state index contributed by atoms with van der Waals surface area (Å²) in [6.45, 7) is 8.38. The molecule has 1 aromatic rings. The molecule has 0 aromatic heterocycles. The van der Waals surface area contributed by atoms with Crippen molar-refractivity contribution in [2.45, 2.75) is 25.9 Å². The molecule has 1 saturated heterocycles. The predicted molar refractivity (Wildman–Crippen MR) is 94.6 cm³/mol. The van der Waals surface area contributed by atoms with Crippen molar-refractivity contribution in [2.75, 3.05) is 46.9 Å². The van der Waals surface area contributed by atoms with E-state index in [1.807, 2.05) is 0 Å². The maximum Gasteiger partial charge on any atom is 0.315 e. The molecule has 0 spiro atoms. The fourth-order valence-electron chi connectivity index (χ4n) is 3.39. The first-order valence-corrected chi connectivity index (χ1v) is 8.61. The maximum absolute atomic E-state index is 12.3. The van der Waals surface area contributed by atoms with Crippen molar-refractivity contribution >= 4 is 6.03 Å². The molecule has 6 nitrogen and oxygen atoms in total. The third kappa shape index (κ3) is 3.49. The summed E-state index contributed by atoms with van der Waals surface area (Å²) in [6.07, 6.45) is 0. The standard InChI is InChI=1S/C18H28N4O2/c1-12-5-6-15-16(11-24-17(15)13(12)2)20-18(23)19-9-14-10-21(3)7-8-22(14)4/h5-6,14,16H,7-11H2,1-4H3,(H2,19,20,23)/t14-,16-/m1/s1. The van der Waals surface area contributed by atoms with Crippen LogP contribution in [-0.2, 0) is 0 Å². The normalized spacial score (nSPS) is 24.3. The van der Waals surface area contributed by atoms with E-state index in [2.05, 4.69) is 60.5 Å². The van der Waals surface area contributed by atoms with Gasteiger partial charge in [-0.25, -0.2) is 4.79 Å². The van der Waals surface area contributed by atoms with Crippen molar-refractivity contribution in [2.24, 2.45) is 0 Å². The van der Waals surface area contributed by atoms with E-state index in [9.17, 15) is 4.79 Å². The Kier molecular flexibility index (Phi) is 4.96. The minimum atomic E-state index is -0.128. The van der Waals surface area contributed by atoms with E-state index in [-0.39, 0.29) is 12.1 Å². The Balaban J connectivity index is 1.54. The van der Waals surface area contributed by atoms with Gasteiger partial charge in [0.2, 0.25) is 0 Å². The van der Waals surface area contributed by atoms with Crippen LogP contribution in [0.1, 0.15) is 22.7 Å². The molecule has 2 N–H and O–H groups in total. The first kappa shape index (κ1) is 17.0. The van der Waals surface area contributed by atoms with E-state index < -0.39 is 0 Å². The molecule has 2 heterocycles. The van der Waals surface area contributed by atoms with Gasteiger partial charge in [-0.1, -0.05) is 12.1 Å². The second-order valence-corrected chi connectivity index (χ2v) is 7.04. The van der Waals surface area contributed by atoms with Crippen LogP contribution in [0, 0.1) is 13.8 Å². The molecule has 2 amide bonds. The number of aryl methyl sites for hydroxylation is 1. The van der Waals surface area contributed by atoms with E-state index in [0.29, 0.717) is 19.2 Å². The number of urea groups is 1. The summed E-state index contributed by atoms with van der Waals surface area (Å²) in [7, 11) is 4.24. The van der Waals surface area contributed by atoms with Gasteiger partial charge >= 0.3 is 6.03 Å². The number of carbonyl (C=O) groups excluding carboxylic acids is 1. The van der Waals surface area contributed by atoms with Gasteiger partial charge < -0.3 is 20.3 Å². The van der Waals surface area contributed by atoms with Gasteiger partial charge in [0.1, 0.15) is 12.4 Å². The summed E-state index contributed by atoms with van der Waals surface area (Å²) >= 11 is 0. The summed E-state index contributed by atoms with van der Waals surface area (Å²) in [6, 6.07) is 4.29. The molecule has 1 fully saturated rings. The second kappa shape index (κ2) is 6.99. The molecule has 24 heavy (non-hydrogen) atoms. The molecule has 3 rings (SSSR count). The van der Waals surface area contributed by atoms with Crippen molar-refractivity contribution in [1.29, 1.82) is 0 Å². The number of hydrogen-bond donors (Lipinski definition) is 2. The predicted octanol–water partition coefficient (Wildman–Crippen LogP) is 1.28. The van der Waals surface area contributed by atoms with Crippen LogP contribution in [0.25, 0.3) is 0 Å². The Morgan fingerprint density at radius 3 is 2.88 bits per heavy atom. The van der Waals surface area contributed by atoms with E-state index >= 15 is 0 Å². The van der Waals surface area contributed by atoms with E-state index in [1.54, 1.807) is 0 Å². The number of piperazine rings is 1. The van der Waals surface area contributed by atoms with Gasteiger partial charge in [-0.05, 0) is 39.1 Å². The third-order valence-electron chi connectivity index (χ3n) is 5.26. The van der Waals surface area contributed by atoms with Crippen LogP contribution in [0.5, 0.6) is 5.75 Å². The Labute approximate surface area is 144 Å². The fourth-order valence-corrected chi connectivity index (χ4v) is 3.39. The zero-order valence-corrected chi connectivity index (χ0v) is 15.1. The number of amides is 2. The number of carbonyl (C=O) groups is 1. The Bertz CT molecular complexity index is 619. The van der Waals surface area contributed by atoms with Crippen molar-refractivity contribution in [3.8, 4) is 5.75 Å². The van der Waals surface area contributed by atoms with Gasteiger partial charge in [0.25, 0.3) is 0 Å². The Morgan fingerprint density at radius 1 is 1.29 bits per heavy atom. The number of nitrogens with zero attached hydrogens (tertiary/aromatic N) is 2. The van der Waals surface area contributed by atoms with Crippen molar-refractivity contribution in [3.63, 3.8) is 0 Å². The smallest absolute Gasteiger partial charge is 0.315 e. The number of hydrogen-bond acceptors (Lipinski definition) is 4. The zero-order valence-electron chi connectivity index (χ0n) is 15.1. The monoisotopic (exact) mass is 332 g/mol. The fraction of sp³-hybridized carbons (Fsp3) is 0.611. The van der Waals surface area contributed by atoms with Crippen LogP contribution in [0.15, 0.2) is 12.1 Å². The number of rotatable bonds is 3. The summed E-state index contributed by atoms with van der Waals surface area (Å²) < 4.78 is 5.79. The summed E-state index contributed by atoms with van der Waals surface area (Å²) in [4.78, 5) is 16.9. The van der Waals surface area contributed by atoms with Gasteiger partial charge in [-0.15, -0.1) is 0 Å². The van der Waals surface area contributed by atoms with Crippen molar-refractivity contribution in [1.82, 2.24) is 20.4 Å². The minimum absolute atomic E-state index is 0.0777. The zero-order chi connectivity index (χ0) is 17.3. The van der Waals surface area contributed by atoms with Crippen LogP contribution in [0.3, 0.4) is 0 Å². The van der Waals surface area contributed by atoms with Gasteiger partial charge in [0.15, 0.2) is 0 Å². The van der Waals surface area contributed by atoms with Crippen molar-refractivity contribution in [3.05, 3.63) is 28.8 Å². The van der Waals surface area contributed by atoms with Crippen molar-refractivity contribution < 1.29 is 9.53 Å². The molecule has 0 unspecified atom stereocenters. The SMILES string of the molecule is Cc1ccc2c(c1C)OC[C@H]2NC(=O)NC[C@@H]1CN(C)CCN1C. The summed E-state index contributed by atoms with van der Waals surface area (Å²) in [5.41, 5.74) is 3.44. The quantitative estimate of drug-likeness (QED) is 0.876. The third-order valence-corrected chi connectivity index (χ3v) is 5.26. The van der Waals surface area contributed by atoms with Gasteiger partial charge in [-0.2, -0.15) is 0 Å². The summed E-state index contributed by atoms with van der Waals surface area (Å²) in [5.74, 6) is 0.925. The average molecular weight is 332 g/mol. The lowest BCUT2D eigenvalue weighted by Gasteiger charge is -2.37. The first-order chi connectivity index (χ1) is 11.5. The summed E-state index contributed by atoms with van der Waals surface area (Å²) in [5, 5.41) is 6.05. The number of fused-ring (bicyclic) bond motifs is 1. The number of benzene rings is 1. The largest absolute Gasteiger partial charge is 0.490 e. The van der Waals surface area contributed by atoms with Gasteiger partial charge in [0.05, 0.1) is 6.04 Å². The molecule has 2 aliphatic heterocycles. The number of ether oxygens (including phenoxy) is 1. The molecule has 0 bridgehead atoms. The molecular formula is C18H28N4O2. The maximum atomic E-state index is 12.3. The first-order valence-electron chi connectivity index (χ1n) is 8.61. The average Bonchev–Trinajstić information content (AvgIpc) is 2.95. The highest BCUT2D eigenvalue weighted by Gasteiger charge is 2.28. The molecule has 2 atom stereocenters. The Morgan fingerprint density at radius 2 is 2.08 bits per heavy atom. The Hall–Kier alpha value is -1.79. The highest BCUT2D eigenvalue weighted by molar-refractivity contribution is 5.75. The van der Waals surface area contributed by atoms with E-state index in [4.69, 9.17) is 4.74 Å². The molecule has 0 saturated carbocycles. The number of likely N-dealkylation sites (N-methyl/N-ethyl adjacent to an activating group) is 2. The minimum Gasteiger partial charge on any atom is -0.490 e. The molecular weight excluding hydrogens is 304 g/mol. The van der Waals surface area contributed by atoms with Crippen LogP contribution in [0.2, 0.25) is 0 Å². The topological polar surface area (TPSA) is 56.8 Å². The van der Waals surface area contributed by atoms with Gasteiger partial charge in [-0.3, -0.25) is 4.90 Å². The van der Waals surface area contributed by atoms with Crippen LogP contribution >= 0.6 is 0 Å². The molecule has 0 radical (unpaired) electrons. The molecule has 6 heteroatoms. The lowest BCUT2D eigenvalue weighted by atomic mass is 10.0. The molecule has 0 aliphatic carbocycles. The van der Waals surface area contributed by atoms with Crippen LogP contribution < -0.4 is 15.4 Å². The van der Waals surface area contributed by atoms with E-state index in [0.717, 1.165) is 36.5 Å². The molecule has 2 aliphatic rings. The van der Waals surface area contributed by atoms with E-state index in [1.165, 1.54) is 5.56 Å².